The molecule has 1 amide bonds. The van der Waals surface area contributed by atoms with Crippen molar-refractivity contribution in [2.24, 2.45) is 11.7 Å². The lowest BCUT2D eigenvalue weighted by molar-refractivity contribution is -0.122. The molecule has 0 bridgehead atoms. The maximum absolute atomic E-state index is 11.2. The number of rotatable bonds is 6. The van der Waals surface area contributed by atoms with Crippen molar-refractivity contribution in [2.45, 2.75) is 19.4 Å². The summed E-state index contributed by atoms with van der Waals surface area (Å²) < 4.78 is 0. The number of aliphatic hydroxyl groups is 1. The molecule has 0 radical (unpaired) electrons. The quantitative estimate of drug-likeness (QED) is 0.496. The topological polar surface area (TPSA) is 75.4 Å². The second-order valence-electron chi connectivity index (χ2n) is 3.16. The Bertz CT molecular complexity index is 171. The van der Waals surface area contributed by atoms with Gasteiger partial charge in [0.2, 0.25) is 5.91 Å². The smallest absolute Gasteiger partial charge is 0.237 e. The van der Waals surface area contributed by atoms with Crippen molar-refractivity contribution >= 4 is 5.91 Å². The van der Waals surface area contributed by atoms with Gasteiger partial charge in [-0.15, -0.1) is 6.58 Å². The predicted octanol–water partition coefficient (Wildman–Crippen LogP) is -0.366. The van der Waals surface area contributed by atoms with E-state index in [-0.39, 0.29) is 18.4 Å². The predicted molar refractivity (Wildman–Crippen MR) is 52.0 cm³/mol. The first kappa shape index (κ1) is 12.1. The summed E-state index contributed by atoms with van der Waals surface area (Å²) in [7, 11) is 0. The van der Waals surface area contributed by atoms with E-state index >= 15 is 0 Å². The molecule has 4 heteroatoms. The van der Waals surface area contributed by atoms with Gasteiger partial charge in [-0.05, 0) is 12.3 Å². The van der Waals surface area contributed by atoms with Gasteiger partial charge in [0, 0.05) is 13.2 Å². The Morgan fingerprint density at radius 2 is 2.38 bits per heavy atom. The fourth-order valence-corrected chi connectivity index (χ4v) is 0.757. The second kappa shape index (κ2) is 6.62. The number of carbonyl (C=O) groups is 1. The number of hydrogen-bond donors (Lipinski definition) is 3. The molecule has 4 nitrogen and oxygen atoms in total. The summed E-state index contributed by atoms with van der Waals surface area (Å²) in [5.41, 5.74) is 5.51. The van der Waals surface area contributed by atoms with Gasteiger partial charge in [-0.25, -0.2) is 0 Å². The molecule has 0 saturated carbocycles. The molecule has 2 atom stereocenters. The number of hydrogen-bond acceptors (Lipinski definition) is 3. The summed E-state index contributed by atoms with van der Waals surface area (Å²) in [5.74, 6) is -0.125. The van der Waals surface area contributed by atoms with Gasteiger partial charge in [0.05, 0.1) is 6.04 Å². The fourth-order valence-electron chi connectivity index (χ4n) is 0.757. The molecule has 13 heavy (non-hydrogen) atoms. The largest absolute Gasteiger partial charge is 0.396 e. The zero-order valence-electron chi connectivity index (χ0n) is 7.99. The molecule has 0 aromatic carbocycles. The molecule has 0 saturated heterocycles. The van der Waals surface area contributed by atoms with Crippen LogP contribution in [0.2, 0.25) is 0 Å². The standard InChI is InChI=1S/C9H18N2O2/c1-3-4-8(10)9(13)11-5-7(2)6-12/h3,7-8,12H,1,4-6,10H2,2H3,(H,11,13). The van der Waals surface area contributed by atoms with Crippen LogP contribution in [0, 0.1) is 5.92 Å². The highest BCUT2D eigenvalue weighted by atomic mass is 16.3. The molecule has 0 fully saturated rings. The van der Waals surface area contributed by atoms with Crippen LogP contribution in [-0.2, 0) is 4.79 Å². The van der Waals surface area contributed by atoms with Crippen molar-refractivity contribution in [1.29, 1.82) is 0 Å². The monoisotopic (exact) mass is 186 g/mol. The van der Waals surface area contributed by atoms with Crippen LogP contribution in [0.3, 0.4) is 0 Å². The summed E-state index contributed by atoms with van der Waals surface area (Å²) in [6.07, 6.45) is 2.08. The summed E-state index contributed by atoms with van der Waals surface area (Å²) in [5, 5.41) is 11.3. The molecule has 0 aliphatic heterocycles. The first-order chi connectivity index (χ1) is 6.11. The third-order valence-electron chi connectivity index (χ3n) is 1.69. The lowest BCUT2D eigenvalue weighted by Crippen LogP contribution is -2.42. The van der Waals surface area contributed by atoms with Crippen LogP contribution in [0.5, 0.6) is 0 Å². The van der Waals surface area contributed by atoms with E-state index in [1.807, 2.05) is 6.92 Å². The normalized spacial score (nSPS) is 14.7. The van der Waals surface area contributed by atoms with Crippen LogP contribution < -0.4 is 11.1 Å². The van der Waals surface area contributed by atoms with E-state index in [9.17, 15) is 4.79 Å². The van der Waals surface area contributed by atoms with E-state index < -0.39 is 6.04 Å². The molecule has 0 aromatic rings. The van der Waals surface area contributed by atoms with Gasteiger partial charge in [-0.1, -0.05) is 13.0 Å². The molecular formula is C9H18N2O2. The molecule has 76 valence electrons. The lowest BCUT2D eigenvalue weighted by atomic mass is 10.1. The number of nitrogens with two attached hydrogens (primary N) is 1. The first-order valence-corrected chi connectivity index (χ1v) is 4.36. The Balaban J connectivity index is 3.67. The summed E-state index contributed by atoms with van der Waals surface area (Å²) in [4.78, 5) is 11.2. The maximum Gasteiger partial charge on any atom is 0.237 e. The third-order valence-corrected chi connectivity index (χ3v) is 1.69. The van der Waals surface area contributed by atoms with Crippen molar-refractivity contribution in [1.82, 2.24) is 5.32 Å². The minimum absolute atomic E-state index is 0.0664. The molecule has 2 unspecified atom stereocenters. The number of aliphatic hydroxyl groups excluding tert-OH is 1. The molecular weight excluding hydrogens is 168 g/mol. The van der Waals surface area contributed by atoms with Gasteiger partial charge >= 0.3 is 0 Å². The van der Waals surface area contributed by atoms with Gasteiger partial charge < -0.3 is 16.2 Å². The molecule has 0 heterocycles. The number of nitrogens with one attached hydrogen (secondary N) is 1. The van der Waals surface area contributed by atoms with Crippen molar-refractivity contribution in [3.8, 4) is 0 Å². The average Bonchev–Trinajstić information content (AvgIpc) is 2.13. The Hall–Kier alpha value is -0.870. The van der Waals surface area contributed by atoms with Gasteiger partial charge in [0.25, 0.3) is 0 Å². The van der Waals surface area contributed by atoms with Crippen LogP contribution in [0.4, 0.5) is 0 Å². The van der Waals surface area contributed by atoms with Crippen molar-refractivity contribution < 1.29 is 9.90 Å². The zero-order chi connectivity index (χ0) is 10.3. The van der Waals surface area contributed by atoms with E-state index in [0.717, 1.165) is 0 Å². The van der Waals surface area contributed by atoms with Crippen LogP contribution in [0.1, 0.15) is 13.3 Å². The highest BCUT2D eigenvalue weighted by Crippen LogP contribution is 1.92. The molecule has 0 spiro atoms. The first-order valence-electron chi connectivity index (χ1n) is 4.36. The van der Waals surface area contributed by atoms with Gasteiger partial charge in [0.1, 0.15) is 0 Å². The Labute approximate surface area is 78.8 Å². The van der Waals surface area contributed by atoms with Crippen LogP contribution >= 0.6 is 0 Å². The van der Waals surface area contributed by atoms with Crippen molar-refractivity contribution in [3.63, 3.8) is 0 Å². The minimum atomic E-state index is -0.525. The molecule has 4 N–H and O–H groups in total. The van der Waals surface area contributed by atoms with Crippen LogP contribution in [0.15, 0.2) is 12.7 Å². The van der Waals surface area contributed by atoms with E-state index in [2.05, 4.69) is 11.9 Å². The van der Waals surface area contributed by atoms with E-state index in [1.54, 1.807) is 6.08 Å². The summed E-state index contributed by atoms with van der Waals surface area (Å²) in [6.45, 7) is 5.87. The van der Waals surface area contributed by atoms with Gasteiger partial charge in [0.15, 0.2) is 0 Å². The highest BCUT2D eigenvalue weighted by Gasteiger charge is 2.11. The minimum Gasteiger partial charge on any atom is -0.396 e. The fraction of sp³-hybridized carbons (Fsp3) is 0.667. The summed E-state index contributed by atoms with van der Waals surface area (Å²) in [6, 6.07) is -0.525. The Morgan fingerprint density at radius 1 is 1.77 bits per heavy atom. The SMILES string of the molecule is C=CCC(N)C(=O)NCC(C)CO. The van der Waals surface area contributed by atoms with E-state index in [4.69, 9.17) is 10.8 Å². The van der Waals surface area contributed by atoms with Gasteiger partial charge in [-0.3, -0.25) is 4.79 Å². The molecule has 0 aromatic heterocycles. The van der Waals surface area contributed by atoms with Crippen LogP contribution in [0.25, 0.3) is 0 Å². The van der Waals surface area contributed by atoms with E-state index in [1.165, 1.54) is 0 Å². The molecule has 0 aliphatic rings. The maximum atomic E-state index is 11.2. The van der Waals surface area contributed by atoms with Crippen molar-refractivity contribution in [3.05, 3.63) is 12.7 Å². The third kappa shape index (κ3) is 5.38. The highest BCUT2D eigenvalue weighted by molar-refractivity contribution is 5.81. The Kier molecular flexibility index (Phi) is 6.18. The molecule has 0 aliphatic carbocycles. The number of carbonyl (C=O) groups excluding carboxylic acids is 1. The molecule has 0 rings (SSSR count). The zero-order valence-corrected chi connectivity index (χ0v) is 7.99. The Morgan fingerprint density at radius 3 is 2.85 bits per heavy atom. The number of amides is 1. The lowest BCUT2D eigenvalue weighted by Gasteiger charge is -2.12. The second-order valence-corrected chi connectivity index (χ2v) is 3.16. The summed E-state index contributed by atoms with van der Waals surface area (Å²) >= 11 is 0. The van der Waals surface area contributed by atoms with Gasteiger partial charge in [-0.2, -0.15) is 0 Å². The average molecular weight is 186 g/mol. The van der Waals surface area contributed by atoms with Crippen LogP contribution in [-0.4, -0.2) is 30.2 Å². The van der Waals surface area contributed by atoms with Crippen molar-refractivity contribution in [2.75, 3.05) is 13.2 Å². The van der Waals surface area contributed by atoms with E-state index in [0.29, 0.717) is 13.0 Å².